The Kier molecular flexibility index (Phi) is 6.82. The van der Waals surface area contributed by atoms with E-state index >= 15 is 0 Å². The van der Waals surface area contributed by atoms with E-state index in [1.54, 1.807) is 31.2 Å². The lowest BCUT2D eigenvalue weighted by Crippen LogP contribution is -2.38. The molecule has 0 saturated heterocycles. The summed E-state index contributed by atoms with van der Waals surface area (Å²) in [5.74, 6) is -0.0596. The van der Waals surface area contributed by atoms with Crippen molar-refractivity contribution in [3.63, 3.8) is 0 Å². The summed E-state index contributed by atoms with van der Waals surface area (Å²) in [4.78, 5) is 14.2. The molecule has 0 aromatic heterocycles. The highest BCUT2D eigenvalue weighted by atomic mass is 35.5. The molecule has 1 rings (SSSR count). The Morgan fingerprint density at radius 1 is 1.50 bits per heavy atom. The first kappa shape index (κ1) is 16.8. The zero-order valence-corrected chi connectivity index (χ0v) is 13.3. The quantitative estimate of drug-likeness (QED) is 0.840. The Labute approximate surface area is 126 Å². The van der Waals surface area contributed by atoms with Gasteiger partial charge in [0.1, 0.15) is 0 Å². The first-order chi connectivity index (χ1) is 9.51. The van der Waals surface area contributed by atoms with Gasteiger partial charge in [0.25, 0.3) is 5.91 Å². The molecule has 0 saturated carbocycles. The number of nitrogens with one attached hydrogen (secondary N) is 1. The first-order valence-electron chi connectivity index (χ1n) is 6.80. The van der Waals surface area contributed by atoms with E-state index in [2.05, 4.69) is 12.2 Å². The molecule has 1 aromatic rings. The van der Waals surface area contributed by atoms with Crippen molar-refractivity contribution in [1.29, 1.82) is 0 Å². The molecule has 0 heterocycles. The van der Waals surface area contributed by atoms with Gasteiger partial charge < -0.3 is 15.0 Å². The number of ether oxygens (including phenoxy) is 1. The number of carbonyl (C=O) groups is 1. The average molecular weight is 299 g/mol. The molecule has 0 aliphatic rings. The number of hydrogen-bond donors (Lipinski definition) is 1. The summed E-state index contributed by atoms with van der Waals surface area (Å²) in [5, 5.41) is 3.82. The molecular formula is C15H23ClN2O2. The number of hydrogen-bond acceptors (Lipinski definition) is 3. The minimum atomic E-state index is -0.0596. The summed E-state index contributed by atoms with van der Waals surface area (Å²) < 4.78 is 5.09. The highest BCUT2D eigenvalue weighted by Gasteiger charge is 2.20. The van der Waals surface area contributed by atoms with Crippen LogP contribution in [-0.2, 0) is 4.74 Å². The summed E-state index contributed by atoms with van der Waals surface area (Å²) in [5.41, 5.74) is 1.41. The highest BCUT2D eigenvalue weighted by molar-refractivity contribution is 6.31. The van der Waals surface area contributed by atoms with Crippen LogP contribution in [0.3, 0.4) is 0 Å². The van der Waals surface area contributed by atoms with Crippen molar-refractivity contribution in [2.75, 3.05) is 32.6 Å². The van der Waals surface area contributed by atoms with Crippen LogP contribution >= 0.6 is 11.6 Å². The molecule has 1 unspecified atom stereocenters. The number of anilines is 1. The molecule has 1 amide bonds. The summed E-state index contributed by atoms with van der Waals surface area (Å²) in [6.45, 7) is 5.35. The van der Waals surface area contributed by atoms with Crippen LogP contribution in [0.1, 0.15) is 30.6 Å². The van der Waals surface area contributed by atoms with Gasteiger partial charge in [0, 0.05) is 31.4 Å². The van der Waals surface area contributed by atoms with Crippen LogP contribution in [0.2, 0.25) is 5.02 Å². The molecule has 0 bridgehead atoms. The monoisotopic (exact) mass is 298 g/mol. The van der Waals surface area contributed by atoms with Crippen molar-refractivity contribution in [1.82, 2.24) is 4.90 Å². The Morgan fingerprint density at radius 2 is 2.20 bits per heavy atom. The third-order valence-corrected chi connectivity index (χ3v) is 3.40. The smallest absolute Gasteiger partial charge is 0.256 e. The van der Waals surface area contributed by atoms with Crippen LogP contribution in [0.4, 0.5) is 5.69 Å². The first-order valence-corrected chi connectivity index (χ1v) is 7.18. The fourth-order valence-electron chi connectivity index (χ4n) is 1.85. The van der Waals surface area contributed by atoms with Crippen LogP contribution in [0, 0.1) is 0 Å². The van der Waals surface area contributed by atoms with E-state index in [1.807, 2.05) is 13.0 Å². The van der Waals surface area contributed by atoms with E-state index < -0.39 is 0 Å². The Hall–Kier alpha value is -1.26. The van der Waals surface area contributed by atoms with E-state index in [0.717, 1.165) is 18.7 Å². The van der Waals surface area contributed by atoms with Gasteiger partial charge in [-0.05, 0) is 31.5 Å². The normalized spacial score (nSPS) is 12.1. The predicted molar refractivity (Wildman–Crippen MR) is 83.7 cm³/mol. The molecule has 112 valence electrons. The second-order valence-corrected chi connectivity index (χ2v) is 5.27. The molecule has 4 nitrogen and oxygen atoms in total. The summed E-state index contributed by atoms with van der Waals surface area (Å²) >= 11 is 6.02. The van der Waals surface area contributed by atoms with E-state index in [-0.39, 0.29) is 11.9 Å². The minimum Gasteiger partial charge on any atom is -0.384 e. The van der Waals surface area contributed by atoms with Gasteiger partial charge in [0.2, 0.25) is 0 Å². The van der Waals surface area contributed by atoms with Gasteiger partial charge in [-0.25, -0.2) is 0 Å². The number of likely N-dealkylation sites (N-methyl/N-ethyl adjacent to an activating group) is 1. The molecule has 1 aromatic carbocycles. The van der Waals surface area contributed by atoms with Gasteiger partial charge in [-0.15, -0.1) is 0 Å². The molecule has 0 spiro atoms. The number of benzene rings is 1. The minimum absolute atomic E-state index is 0.00510. The number of halogens is 1. The average Bonchev–Trinajstić information content (AvgIpc) is 2.44. The number of rotatable bonds is 7. The van der Waals surface area contributed by atoms with Crippen LogP contribution in [0.5, 0.6) is 0 Å². The topological polar surface area (TPSA) is 41.6 Å². The maximum Gasteiger partial charge on any atom is 0.256 e. The van der Waals surface area contributed by atoms with E-state index in [4.69, 9.17) is 16.3 Å². The molecule has 0 aliphatic carbocycles. The molecule has 5 heteroatoms. The van der Waals surface area contributed by atoms with Crippen LogP contribution in [-0.4, -0.2) is 44.2 Å². The van der Waals surface area contributed by atoms with Crippen molar-refractivity contribution >= 4 is 23.2 Å². The van der Waals surface area contributed by atoms with Gasteiger partial charge >= 0.3 is 0 Å². The van der Waals surface area contributed by atoms with E-state index in [0.29, 0.717) is 17.2 Å². The van der Waals surface area contributed by atoms with Crippen molar-refractivity contribution in [3.8, 4) is 0 Å². The predicted octanol–water partition coefficient (Wildman–Crippen LogP) is 3.27. The Balaban J connectivity index is 2.97. The van der Waals surface area contributed by atoms with Gasteiger partial charge in [0.05, 0.1) is 18.2 Å². The molecule has 0 radical (unpaired) electrons. The lowest BCUT2D eigenvalue weighted by atomic mass is 10.1. The van der Waals surface area contributed by atoms with Gasteiger partial charge in [-0.3, -0.25) is 4.79 Å². The van der Waals surface area contributed by atoms with Gasteiger partial charge in [0.15, 0.2) is 0 Å². The van der Waals surface area contributed by atoms with Crippen LogP contribution < -0.4 is 5.32 Å². The third kappa shape index (κ3) is 4.39. The van der Waals surface area contributed by atoms with Gasteiger partial charge in [-0.2, -0.15) is 0 Å². The largest absolute Gasteiger partial charge is 0.384 e. The number of methoxy groups -OCH3 is 1. The SMILES string of the molecule is CCCNc1ccc(Cl)cc1C(=O)N(C)C(C)COC. The van der Waals surface area contributed by atoms with Crippen molar-refractivity contribution in [2.45, 2.75) is 26.3 Å². The number of nitrogens with zero attached hydrogens (tertiary/aromatic N) is 1. The molecule has 1 atom stereocenters. The summed E-state index contributed by atoms with van der Waals surface area (Å²) in [6, 6.07) is 5.35. The van der Waals surface area contributed by atoms with Crippen molar-refractivity contribution in [2.24, 2.45) is 0 Å². The maximum atomic E-state index is 12.6. The van der Waals surface area contributed by atoms with E-state index in [9.17, 15) is 4.79 Å². The van der Waals surface area contributed by atoms with Crippen LogP contribution in [0.15, 0.2) is 18.2 Å². The number of amides is 1. The Bertz CT molecular complexity index is 451. The molecule has 1 N–H and O–H groups in total. The molecular weight excluding hydrogens is 276 g/mol. The summed E-state index contributed by atoms with van der Waals surface area (Å²) in [7, 11) is 3.40. The fraction of sp³-hybridized carbons (Fsp3) is 0.533. The summed E-state index contributed by atoms with van der Waals surface area (Å²) in [6.07, 6.45) is 0.992. The fourth-order valence-corrected chi connectivity index (χ4v) is 2.02. The molecule has 20 heavy (non-hydrogen) atoms. The second kappa shape index (κ2) is 8.12. The zero-order valence-electron chi connectivity index (χ0n) is 12.6. The highest BCUT2D eigenvalue weighted by Crippen LogP contribution is 2.22. The van der Waals surface area contributed by atoms with Crippen molar-refractivity contribution < 1.29 is 9.53 Å². The van der Waals surface area contributed by atoms with Crippen molar-refractivity contribution in [3.05, 3.63) is 28.8 Å². The Morgan fingerprint density at radius 3 is 2.80 bits per heavy atom. The van der Waals surface area contributed by atoms with E-state index in [1.165, 1.54) is 0 Å². The van der Waals surface area contributed by atoms with Crippen LogP contribution in [0.25, 0.3) is 0 Å². The number of carbonyl (C=O) groups excluding carboxylic acids is 1. The third-order valence-electron chi connectivity index (χ3n) is 3.17. The zero-order chi connectivity index (χ0) is 15.1. The standard InChI is InChI=1S/C15H23ClN2O2/c1-5-8-17-14-7-6-12(16)9-13(14)15(19)18(3)11(2)10-20-4/h6-7,9,11,17H,5,8,10H2,1-4H3. The lowest BCUT2D eigenvalue weighted by molar-refractivity contribution is 0.0634. The molecule has 0 aliphatic heterocycles. The lowest BCUT2D eigenvalue weighted by Gasteiger charge is -2.25. The van der Waals surface area contributed by atoms with Gasteiger partial charge in [-0.1, -0.05) is 18.5 Å². The maximum absolute atomic E-state index is 12.6. The molecule has 0 fully saturated rings. The second-order valence-electron chi connectivity index (χ2n) is 4.84.